The lowest BCUT2D eigenvalue weighted by Crippen LogP contribution is -2.24. The summed E-state index contributed by atoms with van der Waals surface area (Å²) in [4.78, 5) is 12.1. The number of nitrogens with zero attached hydrogens (tertiary/aromatic N) is 1. The minimum Gasteiger partial charge on any atom is -0.352 e. The molecule has 0 bridgehead atoms. The van der Waals surface area contributed by atoms with Gasteiger partial charge in [0.15, 0.2) is 0 Å². The van der Waals surface area contributed by atoms with Crippen LogP contribution in [0, 0.1) is 25.2 Å². The highest BCUT2D eigenvalue weighted by molar-refractivity contribution is 5.94. The van der Waals surface area contributed by atoms with E-state index in [1.807, 2.05) is 56.3 Å². The SMILES string of the molecule is Cc1ccc(C(=O)NCCCCCc2ccc(C#N)cc2)cc1C. The van der Waals surface area contributed by atoms with Crippen molar-refractivity contribution >= 4 is 5.91 Å². The molecule has 124 valence electrons. The highest BCUT2D eigenvalue weighted by Crippen LogP contribution is 2.10. The molecule has 3 nitrogen and oxygen atoms in total. The molecule has 0 aromatic heterocycles. The predicted molar refractivity (Wildman–Crippen MR) is 97.0 cm³/mol. The third-order valence-electron chi connectivity index (χ3n) is 4.28. The normalized spacial score (nSPS) is 10.2. The van der Waals surface area contributed by atoms with Gasteiger partial charge in [-0.3, -0.25) is 4.79 Å². The Bertz CT molecular complexity index is 726. The highest BCUT2D eigenvalue weighted by atomic mass is 16.1. The second-order valence-corrected chi connectivity index (χ2v) is 6.17. The largest absolute Gasteiger partial charge is 0.352 e. The number of unbranched alkanes of at least 4 members (excludes halogenated alkanes) is 2. The third-order valence-corrected chi connectivity index (χ3v) is 4.28. The lowest BCUT2D eigenvalue weighted by Gasteiger charge is -2.07. The van der Waals surface area contributed by atoms with Gasteiger partial charge in [-0.15, -0.1) is 0 Å². The van der Waals surface area contributed by atoms with E-state index in [0.717, 1.165) is 36.8 Å². The molecule has 3 heteroatoms. The number of hydrogen-bond donors (Lipinski definition) is 1. The van der Waals surface area contributed by atoms with Crippen LogP contribution in [0.15, 0.2) is 42.5 Å². The molecule has 0 aliphatic carbocycles. The zero-order valence-corrected chi connectivity index (χ0v) is 14.4. The van der Waals surface area contributed by atoms with Crippen molar-refractivity contribution in [1.82, 2.24) is 5.32 Å². The smallest absolute Gasteiger partial charge is 0.251 e. The van der Waals surface area contributed by atoms with Gasteiger partial charge in [0.25, 0.3) is 5.91 Å². The number of aryl methyl sites for hydroxylation is 3. The number of hydrogen-bond acceptors (Lipinski definition) is 2. The average molecular weight is 320 g/mol. The summed E-state index contributed by atoms with van der Waals surface area (Å²) in [5.74, 6) is 0.00481. The van der Waals surface area contributed by atoms with Crippen molar-refractivity contribution in [3.63, 3.8) is 0 Å². The number of benzene rings is 2. The second kappa shape index (κ2) is 8.88. The van der Waals surface area contributed by atoms with Crippen LogP contribution in [-0.2, 0) is 6.42 Å². The molecule has 0 radical (unpaired) electrons. The summed E-state index contributed by atoms with van der Waals surface area (Å²) in [6.07, 6.45) is 4.16. The molecule has 0 saturated heterocycles. The molecule has 0 atom stereocenters. The van der Waals surface area contributed by atoms with Crippen LogP contribution >= 0.6 is 0 Å². The molecule has 0 aliphatic heterocycles. The second-order valence-electron chi connectivity index (χ2n) is 6.17. The predicted octanol–water partition coefficient (Wildman–Crippen LogP) is 4.32. The molecule has 0 unspecified atom stereocenters. The Kier molecular flexibility index (Phi) is 6.57. The molecule has 0 spiro atoms. The van der Waals surface area contributed by atoms with Gasteiger partial charge in [-0.2, -0.15) is 5.26 Å². The van der Waals surface area contributed by atoms with E-state index < -0.39 is 0 Å². The Morgan fingerprint density at radius 3 is 2.42 bits per heavy atom. The lowest BCUT2D eigenvalue weighted by molar-refractivity contribution is 0.0953. The first-order valence-corrected chi connectivity index (χ1v) is 8.44. The van der Waals surface area contributed by atoms with E-state index in [0.29, 0.717) is 12.1 Å². The van der Waals surface area contributed by atoms with Crippen molar-refractivity contribution in [1.29, 1.82) is 5.26 Å². The molecular weight excluding hydrogens is 296 g/mol. The van der Waals surface area contributed by atoms with E-state index >= 15 is 0 Å². The summed E-state index contributed by atoms with van der Waals surface area (Å²) in [6, 6.07) is 15.7. The molecule has 2 aromatic rings. The van der Waals surface area contributed by atoms with Gasteiger partial charge in [0.2, 0.25) is 0 Å². The fraction of sp³-hybridized carbons (Fsp3) is 0.333. The number of carbonyl (C=O) groups is 1. The Morgan fingerprint density at radius 1 is 1.00 bits per heavy atom. The maximum atomic E-state index is 12.1. The van der Waals surface area contributed by atoms with Crippen molar-refractivity contribution in [2.24, 2.45) is 0 Å². The molecule has 2 rings (SSSR count). The average Bonchev–Trinajstić information content (AvgIpc) is 2.60. The van der Waals surface area contributed by atoms with Gasteiger partial charge >= 0.3 is 0 Å². The maximum Gasteiger partial charge on any atom is 0.251 e. The number of rotatable bonds is 7. The van der Waals surface area contributed by atoms with Crippen molar-refractivity contribution in [3.05, 3.63) is 70.3 Å². The first-order valence-electron chi connectivity index (χ1n) is 8.44. The minimum absolute atomic E-state index is 0.00481. The van der Waals surface area contributed by atoms with Crippen LogP contribution < -0.4 is 5.32 Å². The van der Waals surface area contributed by atoms with Gasteiger partial charge in [-0.25, -0.2) is 0 Å². The summed E-state index contributed by atoms with van der Waals surface area (Å²) in [6.45, 7) is 4.78. The Morgan fingerprint density at radius 2 is 1.75 bits per heavy atom. The summed E-state index contributed by atoms with van der Waals surface area (Å²) in [7, 11) is 0. The molecule has 0 saturated carbocycles. The van der Waals surface area contributed by atoms with Crippen LogP contribution in [0.1, 0.15) is 51.9 Å². The van der Waals surface area contributed by atoms with E-state index in [1.165, 1.54) is 11.1 Å². The Balaban J connectivity index is 1.64. The van der Waals surface area contributed by atoms with Gasteiger partial charge in [0.05, 0.1) is 11.6 Å². The molecular formula is C21H24N2O. The molecule has 24 heavy (non-hydrogen) atoms. The highest BCUT2D eigenvalue weighted by Gasteiger charge is 2.05. The van der Waals surface area contributed by atoms with Crippen LogP contribution in [0.2, 0.25) is 0 Å². The van der Waals surface area contributed by atoms with E-state index in [2.05, 4.69) is 11.4 Å². The van der Waals surface area contributed by atoms with Crippen LogP contribution in [0.3, 0.4) is 0 Å². The summed E-state index contributed by atoms with van der Waals surface area (Å²) < 4.78 is 0. The van der Waals surface area contributed by atoms with Crippen LogP contribution in [-0.4, -0.2) is 12.5 Å². The molecule has 1 amide bonds. The van der Waals surface area contributed by atoms with Crippen molar-refractivity contribution in [2.45, 2.75) is 39.5 Å². The Hall–Kier alpha value is -2.60. The quantitative estimate of drug-likeness (QED) is 0.773. The number of amides is 1. The van der Waals surface area contributed by atoms with Crippen LogP contribution in [0.25, 0.3) is 0 Å². The fourth-order valence-corrected chi connectivity index (χ4v) is 2.56. The monoisotopic (exact) mass is 320 g/mol. The molecule has 2 aromatic carbocycles. The fourth-order valence-electron chi connectivity index (χ4n) is 2.56. The van der Waals surface area contributed by atoms with Gasteiger partial charge < -0.3 is 5.32 Å². The molecule has 0 heterocycles. The standard InChI is InChI=1S/C21H24N2O/c1-16-7-12-20(14-17(16)2)21(24)23-13-5-3-4-6-18-8-10-19(15-22)11-9-18/h7-12,14H,3-6,13H2,1-2H3,(H,23,24). The topological polar surface area (TPSA) is 52.9 Å². The van der Waals surface area contributed by atoms with Crippen LogP contribution in [0.4, 0.5) is 0 Å². The molecule has 0 fully saturated rings. The first-order chi connectivity index (χ1) is 11.6. The van der Waals surface area contributed by atoms with Gasteiger partial charge in [-0.1, -0.05) is 24.6 Å². The lowest BCUT2D eigenvalue weighted by atomic mass is 10.1. The number of nitriles is 1. The summed E-state index contributed by atoms with van der Waals surface area (Å²) in [5.41, 5.74) is 5.04. The summed E-state index contributed by atoms with van der Waals surface area (Å²) >= 11 is 0. The van der Waals surface area contributed by atoms with Gasteiger partial charge in [0.1, 0.15) is 0 Å². The van der Waals surface area contributed by atoms with Gasteiger partial charge in [0, 0.05) is 12.1 Å². The van der Waals surface area contributed by atoms with E-state index in [-0.39, 0.29) is 5.91 Å². The first kappa shape index (κ1) is 17.7. The van der Waals surface area contributed by atoms with Crippen molar-refractivity contribution in [3.8, 4) is 6.07 Å². The Labute approximate surface area is 144 Å². The van der Waals surface area contributed by atoms with E-state index in [1.54, 1.807) is 0 Å². The van der Waals surface area contributed by atoms with Gasteiger partial charge in [-0.05, 0) is 74.1 Å². The third kappa shape index (κ3) is 5.24. The molecule has 1 N–H and O–H groups in total. The zero-order chi connectivity index (χ0) is 17.4. The summed E-state index contributed by atoms with van der Waals surface area (Å²) in [5, 5.41) is 11.8. The number of carbonyl (C=O) groups excluding carboxylic acids is 1. The van der Waals surface area contributed by atoms with E-state index in [9.17, 15) is 4.79 Å². The zero-order valence-electron chi connectivity index (χ0n) is 14.4. The van der Waals surface area contributed by atoms with Crippen molar-refractivity contribution in [2.75, 3.05) is 6.54 Å². The molecule has 0 aliphatic rings. The van der Waals surface area contributed by atoms with Crippen LogP contribution in [0.5, 0.6) is 0 Å². The number of nitrogens with one attached hydrogen (secondary N) is 1. The minimum atomic E-state index is 0.00481. The van der Waals surface area contributed by atoms with E-state index in [4.69, 9.17) is 5.26 Å². The maximum absolute atomic E-state index is 12.1. The van der Waals surface area contributed by atoms with Crippen molar-refractivity contribution < 1.29 is 4.79 Å².